The topological polar surface area (TPSA) is 29.5 Å². The second-order valence-corrected chi connectivity index (χ2v) is 14.3. The average Bonchev–Trinajstić information content (AvgIpc) is 3.90. The Morgan fingerprint density at radius 1 is 0.404 bits per heavy atom. The molecule has 11 rings (SSSR count). The third-order valence-corrected chi connectivity index (χ3v) is 11.5. The second kappa shape index (κ2) is 11.5. The normalized spacial score (nSPS) is 11.8. The Kier molecular flexibility index (Phi) is 6.42. The van der Waals surface area contributed by atoms with Crippen molar-refractivity contribution < 1.29 is 8.83 Å². The van der Waals surface area contributed by atoms with Crippen molar-refractivity contribution in [2.24, 2.45) is 0 Å². The molecule has 0 fully saturated rings. The van der Waals surface area contributed by atoms with Crippen LogP contribution < -0.4 is 4.90 Å². The fourth-order valence-corrected chi connectivity index (χ4v) is 9.17. The van der Waals surface area contributed by atoms with Gasteiger partial charge in [-0.15, -0.1) is 11.3 Å². The molecule has 0 aliphatic heterocycles. The summed E-state index contributed by atoms with van der Waals surface area (Å²) in [7, 11) is 0. The predicted molar refractivity (Wildman–Crippen MR) is 219 cm³/mol. The molecule has 52 heavy (non-hydrogen) atoms. The average molecular weight is 684 g/mol. The number of thiophene rings is 1. The molecule has 3 nitrogen and oxygen atoms in total. The van der Waals surface area contributed by atoms with Crippen molar-refractivity contribution in [2.45, 2.75) is 0 Å². The van der Waals surface area contributed by atoms with E-state index in [4.69, 9.17) is 8.83 Å². The van der Waals surface area contributed by atoms with Crippen LogP contribution in [-0.2, 0) is 0 Å². The number of anilines is 3. The van der Waals surface area contributed by atoms with Gasteiger partial charge in [0.15, 0.2) is 0 Å². The van der Waals surface area contributed by atoms with Gasteiger partial charge in [-0.3, -0.25) is 0 Å². The first-order valence-corrected chi connectivity index (χ1v) is 18.3. The summed E-state index contributed by atoms with van der Waals surface area (Å²) in [6, 6.07) is 62.5. The van der Waals surface area contributed by atoms with Crippen LogP contribution in [0.1, 0.15) is 0 Å². The number of para-hydroxylation sites is 4. The lowest BCUT2D eigenvalue weighted by atomic mass is 9.96. The molecule has 0 amide bonds. The zero-order valence-electron chi connectivity index (χ0n) is 27.9. The molecule has 0 radical (unpaired) electrons. The fraction of sp³-hybridized carbons (Fsp3) is 0. The van der Waals surface area contributed by atoms with Crippen LogP contribution in [0.2, 0.25) is 0 Å². The molecule has 244 valence electrons. The number of nitrogens with zero attached hydrogens (tertiary/aromatic N) is 1. The first-order chi connectivity index (χ1) is 25.8. The molecule has 11 aromatic rings. The minimum Gasteiger partial charge on any atom is -0.456 e. The molecule has 0 saturated heterocycles. The molecule has 0 spiro atoms. The van der Waals surface area contributed by atoms with Crippen molar-refractivity contribution in [1.82, 2.24) is 0 Å². The van der Waals surface area contributed by atoms with Gasteiger partial charge >= 0.3 is 0 Å². The van der Waals surface area contributed by atoms with E-state index in [1.807, 2.05) is 35.6 Å². The highest BCUT2D eigenvalue weighted by atomic mass is 32.1. The summed E-state index contributed by atoms with van der Waals surface area (Å²) in [4.78, 5) is 2.37. The molecular formula is C48H29NO2S. The first kappa shape index (κ1) is 29.1. The maximum absolute atomic E-state index is 6.45. The third-order valence-electron chi connectivity index (χ3n) is 10.3. The largest absolute Gasteiger partial charge is 0.456 e. The van der Waals surface area contributed by atoms with Crippen molar-refractivity contribution >= 4 is 92.4 Å². The van der Waals surface area contributed by atoms with Crippen LogP contribution in [0, 0.1) is 0 Å². The van der Waals surface area contributed by atoms with Crippen LogP contribution >= 0.6 is 11.3 Å². The van der Waals surface area contributed by atoms with E-state index in [1.165, 1.54) is 31.3 Å². The molecule has 0 aliphatic carbocycles. The molecule has 0 bridgehead atoms. The van der Waals surface area contributed by atoms with Crippen molar-refractivity contribution in [2.75, 3.05) is 4.90 Å². The van der Waals surface area contributed by atoms with Gasteiger partial charge in [0.1, 0.15) is 22.3 Å². The number of hydrogen-bond acceptors (Lipinski definition) is 4. The Bertz CT molecular complexity index is 3150. The van der Waals surface area contributed by atoms with E-state index in [2.05, 4.69) is 157 Å². The highest BCUT2D eigenvalue weighted by Gasteiger charge is 2.22. The van der Waals surface area contributed by atoms with Gasteiger partial charge < -0.3 is 13.7 Å². The van der Waals surface area contributed by atoms with Gasteiger partial charge in [-0.1, -0.05) is 115 Å². The monoisotopic (exact) mass is 683 g/mol. The quantitative estimate of drug-likeness (QED) is 0.181. The van der Waals surface area contributed by atoms with E-state index in [-0.39, 0.29) is 0 Å². The third kappa shape index (κ3) is 4.45. The number of rotatable bonds is 5. The summed E-state index contributed by atoms with van der Waals surface area (Å²) in [5.74, 6) is 0. The Hall–Kier alpha value is -6.62. The minimum absolute atomic E-state index is 0.874. The summed E-state index contributed by atoms with van der Waals surface area (Å²) in [5.41, 5.74) is 11.5. The smallest absolute Gasteiger partial charge is 0.143 e. The lowest BCUT2D eigenvalue weighted by Gasteiger charge is -2.27. The molecule has 8 aromatic carbocycles. The Balaban J connectivity index is 1.13. The zero-order valence-corrected chi connectivity index (χ0v) is 28.7. The lowest BCUT2D eigenvalue weighted by Crippen LogP contribution is -2.10. The van der Waals surface area contributed by atoms with Gasteiger partial charge in [-0.05, 0) is 71.3 Å². The predicted octanol–water partition coefficient (Wildman–Crippen LogP) is 14.7. The Morgan fingerprint density at radius 3 is 1.90 bits per heavy atom. The van der Waals surface area contributed by atoms with Crippen molar-refractivity contribution in [1.29, 1.82) is 0 Å². The Labute approximate surface area is 303 Å². The Morgan fingerprint density at radius 2 is 1.06 bits per heavy atom. The van der Waals surface area contributed by atoms with Crippen molar-refractivity contribution in [3.05, 3.63) is 176 Å². The van der Waals surface area contributed by atoms with E-state index in [0.29, 0.717) is 0 Å². The van der Waals surface area contributed by atoms with Crippen LogP contribution in [0.25, 0.3) is 86.3 Å². The van der Waals surface area contributed by atoms with Gasteiger partial charge in [0.05, 0.1) is 5.69 Å². The van der Waals surface area contributed by atoms with E-state index < -0.39 is 0 Å². The van der Waals surface area contributed by atoms with Crippen molar-refractivity contribution in [3.8, 4) is 22.3 Å². The molecule has 0 saturated carbocycles. The lowest BCUT2D eigenvalue weighted by molar-refractivity contribution is 0.669. The maximum Gasteiger partial charge on any atom is 0.143 e. The highest BCUT2D eigenvalue weighted by Crippen LogP contribution is 2.49. The molecule has 0 unspecified atom stereocenters. The van der Waals surface area contributed by atoms with Crippen LogP contribution in [0.15, 0.2) is 185 Å². The minimum atomic E-state index is 0.874. The van der Waals surface area contributed by atoms with Crippen molar-refractivity contribution in [3.63, 3.8) is 0 Å². The van der Waals surface area contributed by atoms with Crippen LogP contribution in [0.5, 0.6) is 0 Å². The number of furan rings is 2. The van der Waals surface area contributed by atoms with E-state index in [0.717, 1.165) is 72.1 Å². The maximum atomic E-state index is 6.45. The fourth-order valence-electron chi connectivity index (χ4n) is 7.91. The summed E-state index contributed by atoms with van der Waals surface area (Å²) in [5, 5.41) is 7.00. The van der Waals surface area contributed by atoms with Crippen LogP contribution in [0.3, 0.4) is 0 Å². The molecule has 0 N–H and O–H groups in total. The van der Waals surface area contributed by atoms with Gasteiger partial charge in [0, 0.05) is 64.7 Å². The van der Waals surface area contributed by atoms with Crippen LogP contribution in [-0.4, -0.2) is 0 Å². The molecular weight excluding hydrogens is 655 g/mol. The number of benzene rings is 8. The molecule has 3 heterocycles. The summed E-state index contributed by atoms with van der Waals surface area (Å²) >= 11 is 1.85. The zero-order chi connectivity index (χ0) is 34.2. The van der Waals surface area contributed by atoms with Gasteiger partial charge in [0.2, 0.25) is 0 Å². The molecule has 4 heteroatoms. The first-order valence-electron chi connectivity index (χ1n) is 17.5. The van der Waals surface area contributed by atoms with Gasteiger partial charge in [-0.25, -0.2) is 0 Å². The standard InChI is InChI=1S/C48H29NO2S/c1-2-14-32(15-3-1)49(33-24-25-38-36-16-4-7-21-42(36)50-44(38)29-33)41-27-26-35(48-46(41)40-18-6-9-23-45(40)52-48)31-13-10-12-30(28-31)34-19-11-20-39-37-17-5-8-22-43(37)51-47(34)39/h1-29H. The number of fused-ring (bicyclic) bond motifs is 9. The SMILES string of the molecule is c1ccc(N(c2ccc3c(c2)oc2ccccc23)c2ccc(-c3cccc(-c4cccc5c4oc4ccccc45)c3)c3sc4ccccc4c23)cc1. The summed E-state index contributed by atoms with van der Waals surface area (Å²) in [6.07, 6.45) is 0. The van der Waals surface area contributed by atoms with E-state index >= 15 is 0 Å². The summed E-state index contributed by atoms with van der Waals surface area (Å²) < 4.78 is 15.4. The molecule has 0 aliphatic rings. The van der Waals surface area contributed by atoms with Crippen LogP contribution in [0.4, 0.5) is 17.1 Å². The van der Waals surface area contributed by atoms with Gasteiger partial charge in [-0.2, -0.15) is 0 Å². The summed E-state index contributed by atoms with van der Waals surface area (Å²) in [6.45, 7) is 0. The molecule has 0 atom stereocenters. The molecule has 3 aromatic heterocycles. The second-order valence-electron chi connectivity index (χ2n) is 13.2. The van der Waals surface area contributed by atoms with Gasteiger partial charge in [0.25, 0.3) is 0 Å². The van der Waals surface area contributed by atoms with E-state index in [1.54, 1.807) is 0 Å². The number of hydrogen-bond donors (Lipinski definition) is 0. The van der Waals surface area contributed by atoms with E-state index in [9.17, 15) is 0 Å². The highest BCUT2D eigenvalue weighted by molar-refractivity contribution is 7.26.